The van der Waals surface area contributed by atoms with Crippen molar-refractivity contribution in [3.05, 3.63) is 36.0 Å². The molecule has 0 unspecified atom stereocenters. The largest absolute Gasteiger partial charge is 0.322 e. The molecule has 0 atom stereocenters. The number of rotatable bonds is 3. The van der Waals surface area contributed by atoms with Gasteiger partial charge in [0.25, 0.3) is 0 Å². The maximum absolute atomic E-state index is 12.4. The van der Waals surface area contributed by atoms with Crippen molar-refractivity contribution in [3.8, 4) is 11.3 Å². The van der Waals surface area contributed by atoms with Crippen LogP contribution in [-0.4, -0.2) is 16.1 Å². The molecule has 1 fully saturated rings. The third-order valence-electron chi connectivity index (χ3n) is 3.75. The summed E-state index contributed by atoms with van der Waals surface area (Å²) in [6, 6.07) is 9.97. The van der Waals surface area contributed by atoms with Gasteiger partial charge in [0.2, 0.25) is 5.91 Å². The van der Waals surface area contributed by atoms with E-state index in [4.69, 9.17) is 0 Å². The number of benzene rings is 1. The van der Waals surface area contributed by atoms with Gasteiger partial charge >= 0.3 is 0 Å². The normalized spacial score (nSPS) is 15.0. The number of H-pyrrole nitrogens is 1. The molecule has 2 N–H and O–H groups in total. The lowest BCUT2D eigenvalue weighted by Gasteiger charge is -2.18. The van der Waals surface area contributed by atoms with E-state index in [0.29, 0.717) is 5.92 Å². The maximum atomic E-state index is 12.4. The second-order valence-corrected chi connectivity index (χ2v) is 6.71. The summed E-state index contributed by atoms with van der Waals surface area (Å²) in [7, 11) is 0. The van der Waals surface area contributed by atoms with E-state index in [9.17, 15) is 4.79 Å². The van der Waals surface area contributed by atoms with Crippen LogP contribution >= 0.6 is 0 Å². The zero-order chi connectivity index (χ0) is 15.0. The highest BCUT2D eigenvalue weighted by atomic mass is 16.2. The molecule has 0 radical (unpaired) electrons. The molecular formula is C17H21N3O. The number of carbonyl (C=O) groups is 1. The SMILES string of the molecule is CC(C)(C)C(=O)Nc1c(-c2ccccc2)n[nH]c1C1CC1. The first-order chi connectivity index (χ1) is 9.97. The van der Waals surface area contributed by atoms with Gasteiger partial charge in [-0.25, -0.2) is 0 Å². The van der Waals surface area contributed by atoms with Crippen LogP contribution in [0.2, 0.25) is 0 Å². The van der Waals surface area contributed by atoms with E-state index < -0.39 is 5.41 Å². The molecule has 1 aliphatic rings. The molecule has 4 nitrogen and oxygen atoms in total. The summed E-state index contributed by atoms with van der Waals surface area (Å²) in [6.45, 7) is 5.75. The molecule has 21 heavy (non-hydrogen) atoms. The molecule has 1 amide bonds. The lowest BCUT2D eigenvalue weighted by Crippen LogP contribution is -2.28. The molecule has 4 heteroatoms. The van der Waals surface area contributed by atoms with Gasteiger partial charge in [-0.3, -0.25) is 9.89 Å². The van der Waals surface area contributed by atoms with Crippen molar-refractivity contribution in [3.63, 3.8) is 0 Å². The van der Waals surface area contributed by atoms with E-state index in [1.165, 1.54) is 0 Å². The zero-order valence-electron chi connectivity index (χ0n) is 12.7. The van der Waals surface area contributed by atoms with Crippen molar-refractivity contribution in [2.75, 3.05) is 5.32 Å². The number of nitrogens with zero attached hydrogens (tertiary/aromatic N) is 1. The summed E-state index contributed by atoms with van der Waals surface area (Å²) in [5.41, 5.74) is 3.33. The predicted octanol–water partition coefficient (Wildman–Crippen LogP) is 3.94. The van der Waals surface area contributed by atoms with Crippen molar-refractivity contribution >= 4 is 11.6 Å². The fourth-order valence-electron chi connectivity index (χ4n) is 2.26. The van der Waals surface area contributed by atoms with Gasteiger partial charge in [0.1, 0.15) is 5.69 Å². The third-order valence-corrected chi connectivity index (χ3v) is 3.75. The van der Waals surface area contributed by atoms with Crippen molar-refractivity contribution in [1.82, 2.24) is 10.2 Å². The van der Waals surface area contributed by atoms with Gasteiger partial charge in [-0.15, -0.1) is 0 Å². The number of anilines is 1. The van der Waals surface area contributed by atoms with Crippen molar-refractivity contribution in [2.45, 2.75) is 39.5 Å². The predicted molar refractivity (Wildman–Crippen MR) is 84.1 cm³/mol. The van der Waals surface area contributed by atoms with Crippen LogP contribution in [0.25, 0.3) is 11.3 Å². The molecule has 0 spiro atoms. The van der Waals surface area contributed by atoms with Gasteiger partial charge in [-0.2, -0.15) is 5.10 Å². The molecule has 0 aliphatic heterocycles. The number of aromatic nitrogens is 2. The van der Waals surface area contributed by atoms with E-state index in [1.807, 2.05) is 51.1 Å². The van der Waals surface area contributed by atoms with E-state index in [0.717, 1.165) is 35.5 Å². The highest BCUT2D eigenvalue weighted by Gasteiger charge is 2.32. The quantitative estimate of drug-likeness (QED) is 0.896. The summed E-state index contributed by atoms with van der Waals surface area (Å²) in [5.74, 6) is 0.521. The summed E-state index contributed by atoms with van der Waals surface area (Å²) in [4.78, 5) is 12.4. The second-order valence-electron chi connectivity index (χ2n) is 6.71. The van der Waals surface area contributed by atoms with Gasteiger partial charge in [0.05, 0.1) is 11.4 Å². The Hall–Kier alpha value is -2.10. The Morgan fingerprint density at radius 2 is 1.90 bits per heavy atom. The van der Waals surface area contributed by atoms with Crippen molar-refractivity contribution in [2.24, 2.45) is 5.41 Å². The van der Waals surface area contributed by atoms with Crippen LogP contribution in [-0.2, 0) is 4.79 Å². The van der Waals surface area contributed by atoms with Crippen LogP contribution in [0.4, 0.5) is 5.69 Å². The number of hydrogen-bond acceptors (Lipinski definition) is 2. The molecular weight excluding hydrogens is 262 g/mol. The topological polar surface area (TPSA) is 57.8 Å². The minimum absolute atomic E-state index is 0.0166. The van der Waals surface area contributed by atoms with Crippen LogP contribution < -0.4 is 5.32 Å². The van der Waals surface area contributed by atoms with E-state index in [2.05, 4.69) is 15.5 Å². The summed E-state index contributed by atoms with van der Waals surface area (Å²) in [6.07, 6.45) is 2.32. The van der Waals surface area contributed by atoms with Crippen LogP contribution in [0.3, 0.4) is 0 Å². The van der Waals surface area contributed by atoms with Gasteiger partial charge in [-0.1, -0.05) is 51.1 Å². The molecule has 1 aromatic heterocycles. The van der Waals surface area contributed by atoms with Crippen LogP contribution in [0, 0.1) is 5.41 Å². The van der Waals surface area contributed by atoms with Gasteiger partial charge in [-0.05, 0) is 12.8 Å². The fraction of sp³-hybridized carbons (Fsp3) is 0.412. The molecule has 3 rings (SSSR count). The van der Waals surface area contributed by atoms with Gasteiger partial charge < -0.3 is 5.32 Å². The fourth-order valence-corrected chi connectivity index (χ4v) is 2.26. The number of amides is 1. The van der Waals surface area contributed by atoms with Crippen LogP contribution in [0.15, 0.2) is 30.3 Å². The lowest BCUT2D eigenvalue weighted by molar-refractivity contribution is -0.123. The molecule has 1 heterocycles. The number of carbonyl (C=O) groups excluding carboxylic acids is 1. The highest BCUT2D eigenvalue weighted by molar-refractivity contribution is 5.98. The third kappa shape index (κ3) is 2.84. The zero-order valence-corrected chi connectivity index (χ0v) is 12.7. The standard InChI is InChI=1S/C17H21N3O/c1-17(2,3)16(21)18-15-13(11-7-5-4-6-8-11)19-20-14(15)12-9-10-12/h4-8,12H,9-10H2,1-3H3,(H,18,21)(H,19,20). The molecule has 1 aromatic carbocycles. The lowest BCUT2D eigenvalue weighted by atomic mass is 9.95. The molecule has 0 saturated heterocycles. The van der Waals surface area contributed by atoms with Crippen LogP contribution in [0.5, 0.6) is 0 Å². The average molecular weight is 283 g/mol. The average Bonchev–Trinajstić information content (AvgIpc) is 3.20. The van der Waals surface area contributed by atoms with Crippen LogP contribution in [0.1, 0.15) is 45.2 Å². The molecule has 110 valence electrons. The van der Waals surface area contributed by atoms with Gasteiger partial charge in [0, 0.05) is 16.9 Å². The number of hydrogen-bond donors (Lipinski definition) is 2. The Bertz CT molecular complexity index is 648. The molecule has 0 bridgehead atoms. The molecule has 2 aromatic rings. The highest BCUT2D eigenvalue weighted by Crippen LogP contribution is 2.45. The Labute approximate surface area is 125 Å². The van der Waals surface area contributed by atoms with Gasteiger partial charge in [0.15, 0.2) is 0 Å². The first kappa shape index (κ1) is 13.9. The summed E-state index contributed by atoms with van der Waals surface area (Å²) < 4.78 is 0. The Kier molecular flexibility index (Phi) is 3.32. The first-order valence-corrected chi connectivity index (χ1v) is 7.42. The smallest absolute Gasteiger partial charge is 0.229 e. The monoisotopic (exact) mass is 283 g/mol. The summed E-state index contributed by atoms with van der Waals surface area (Å²) >= 11 is 0. The minimum atomic E-state index is -0.425. The Balaban J connectivity index is 2.00. The first-order valence-electron chi connectivity index (χ1n) is 7.42. The van der Waals surface area contributed by atoms with Crippen molar-refractivity contribution in [1.29, 1.82) is 0 Å². The number of nitrogens with one attached hydrogen (secondary N) is 2. The van der Waals surface area contributed by atoms with Crippen molar-refractivity contribution < 1.29 is 4.79 Å². The van der Waals surface area contributed by atoms with E-state index in [-0.39, 0.29) is 5.91 Å². The number of aromatic amines is 1. The summed E-state index contributed by atoms with van der Waals surface area (Å²) in [5, 5.41) is 10.7. The maximum Gasteiger partial charge on any atom is 0.229 e. The second kappa shape index (κ2) is 5.02. The molecule has 1 saturated carbocycles. The Morgan fingerprint density at radius 1 is 1.24 bits per heavy atom. The minimum Gasteiger partial charge on any atom is -0.322 e. The van der Waals surface area contributed by atoms with E-state index in [1.54, 1.807) is 0 Å². The van der Waals surface area contributed by atoms with E-state index >= 15 is 0 Å². The Morgan fingerprint density at radius 3 is 2.48 bits per heavy atom. The molecule has 1 aliphatic carbocycles.